The largest absolute Gasteiger partial charge is 0.326 e. The molecule has 0 amide bonds. The van der Waals surface area contributed by atoms with Crippen LogP contribution >= 0.6 is 11.8 Å². The predicted molar refractivity (Wildman–Crippen MR) is 67.2 cm³/mol. The highest BCUT2D eigenvalue weighted by molar-refractivity contribution is 7.99. The maximum Gasteiger partial charge on any atom is 0.0641 e. The Kier molecular flexibility index (Phi) is 5.19. The van der Waals surface area contributed by atoms with E-state index < -0.39 is 0 Å². The smallest absolute Gasteiger partial charge is 0.0641 e. The summed E-state index contributed by atoms with van der Waals surface area (Å²) in [5, 5.41) is 4.51. The molecule has 1 heterocycles. The van der Waals surface area contributed by atoms with E-state index in [1.165, 1.54) is 29.2 Å². The van der Waals surface area contributed by atoms with Gasteiger partial charge in [-0.3, -0.25) is 4.68 Å². The van der Waals surface area contributed by atoms with Gasteiger partial charge in [0.2, 0.25) is 0 Å². The summed E-state index contributed by atoms with van der Waals surface area (Å²) in [7, 11) is 0. The number of hydrogen-bond acceptors (Lipinski definition) is 3. The molecule has 1 aromatic rings. The third-order valence-electron chi connectivity index (χ3n) is 2.60. The zero-order valence-electron chi connectivity index (χ0n) is 9.92. The Morgan fingerprint density at radius 3 is 2.67 bits per heavy atom. The molecule has 0 saturated heterocycles. The van der Waals surface area contributed by atoms with Crippen LogP contribution in [-0.2, 0) is 13.1 Å². The summed E-state index contributed by atoms with van der Waals surface area (Å²) >= 11 is 1.98. The number of hydrogen-bond donors (Lipinski definition) is 1. The van der Waals surface area contributed by atoms with Gasteiger partial charge in [-0.1, -0.05) is 6.92 Å². The van der Waals surface area contributed by atoms with Gasteiger partial charge in [-0.2, -0.15) is 16.9 Å². The number of aryl methyl sites for hydroxylation is 2. The van der Waals surface area contributed by atoms with Crippen molar-refractivity contribution in [1.29, 1.82) is 0 Å². The fraction of sp³-hybridized carbons (Fsp3) is 0.727. The van der Waals surface area contributed by atoms with Crippen LogP contribution < -0.4 is 5.73 Å². The summed E-state index contributed by atoms with van der Waals surface area (Å²) < 4.78 is 2.09. The first kappa shape index (κ1) is 12.6. The highest BCUT2D eigenvalue weighted by atomic mass is 32.2. The summed E-state index contributed by atoms with van der Waals surface area (Å²) in [6, 6.07) is 0. The summed E-state index contributed by atoms with van der Waals surface area (Å²) in [5.74, 6) is 2.41. The molecule has 0 aliphatic heterocycles. The molecular weight excluding hydrogens is 206 g/mol. The molecule has 0 spiro atoms. The van der Waals surface area contributed by atoms with Crippen LogP contribution in [-0.4, -0.2) is 21.3 Å². The molecule has 0 aliphatic rings. The number of rotatable bonds is 6. The van der Waals surface area contributed by atoms with Crippen molar-refractivity contribution in [2.24, 2.45) is 5.73 Å². The maximum absolute atomic E-state index is 5.68. The first-order valence-electron chi connectivity index (χ1n) is 5.51. The van der Waals surface area contributed by atoms with Gasteiger partial charge in [0.15, 0.2) is 0 Å². The average molecular weight is 227 g/mol. The molecule has 0 aliphatic carbocycles. The van der Waals surface area contributed by atoms with Crippen LogP contribution in [0.25, 0.3) is 0 Å². The summed E-state index contributed by atoms with van der Waals surface area (Å²) in [5.41, 5.74) is 9.20. The minimum Gasteiger partial charge on any atom is -0.326 e. The van der Waals surface area contributed by atoms with Crippen molar-refractivity contribution < 1.29 is 0 Å². The number of aromatic nitrogens is 2. The van der Waals surface area contributed by atoms with Crippen LogP contribution in [0.2, 0.25) is 0 Å². The lowest BCUT2D eigenvalue weighted by Crippen LogP contribution is -2.05. The van der Waals surface area contributed by atoms with Crippen molar-refractivity contribution in [2.75, 3.05) is 11.5 Å². The van der Waals surface area contributed by atoms with E-state index in [0.717, 1.165) is 12.2 Å². The highest BCUT2D eigenvalue weighted by Crippen LogP contribution is 2.13. The van der Waals surface area contributed by atoms with E-state index in [1.807, 2.05) is 18.7 Å². The second-order valence-electron chi connectivity index (χ2n) is 3.63. The van der Waals surface area contributed by atoms with Crippen molar-refractivity contribution in [3.8, 4) is 0 Å². The molecule has 0 unspecified atom stereocenters. The molecule has 1 aromatic heterocycles. The van der Waals surface area contributed by atoms with Gasteiger partial charge in [0.05, 0.1) is 5.69 Å². The molecular formula is C11H21N3S. The lowest BCUT2D eigenvalue weighted by atomic mass is 10.2. The summed E-state index contributed by atoms with van der Waals surface area (Å²) in [4.78, 5) is 0. The van der Waals surface area contributed by atoms with E-state index in [2.05, 4.69) is 23.6 Å². The van der Waals surface area contributed by atoms with Gasteiger partial charge in [-0.15, -0.1) is 0 Å². The third kappa shape index (κ3) is 3.24. The van der Waals surface area contributed by atoms with Crippen molar-refractivity contribution in [1.82, 2.24) is 9.78 Å². The molecule has 0 saturated carbocycles. The molecule has 0 atom stereocenters. The minimum absolute atomic E-state index is 0.599. The number of thioether (sulfide) groups is 1. The molecule has 15 heavy (non-hydrogen) atoms. The molecule has 0 radical (unpaired) electrons. The SMILES string of the molecule is CCSCCCn1nc(C)c(CN)c1C. The quantitative estimate of drug-likeness (QED) is 0.757. The lowest BCUT2D eigenvalue weighted by molar-refractivity contribution is 0.585. The van der Waals surface area contributed by atoms with E-state index in [4.69, 9.17) is 5.73 Å². The summed E-state index contributed by atoms with van der Waals surface area (Å²) in [6.07, 6.45) is 1.18. The molecule has 0 bridgehead atoms. The number of nitrogens with zero attached hydrogens (tertiary/aromatic N) is 2. The van der Waals surface area contributed by atoms with Crippen molar-refractivity contribution in [3.05, 3.63) is 17.0 Å². The van der Waals surface area contributed by atoms with Gasteiger partial charge in [0, 0.05) is 24.3 Å². The summed E-state index contributed by atoms with van der Waals surface area (Å²) in [6.45, 7) is 7.95. The van der Waals surface area contributed by atoms with Crippen molar-refractivity contribution in [2.45, 2.75) is 40.3 Å². The van der Waals surface area contributed by atoms with Crippen LogP contribution in [0.3, 0.4) is 0 Å². The Balaban J connectivity index is 2.54. The second kappa shape index (κ2) is 6.18. The Labute approximate surface area is 96.4 Å². The Bertz CT molecular complexity index is 307. The first-order chi connectivity index (χ1) is 7.20. The molecule has 0 fully saturated rings. The van der Waals surface area contributed by atoms with Crippen molar-refractivity contribution in [3.63, 3.8) is 0 Å². The van der Waals surface area contributed by atoms with Gasteiger partial charge >= 0.3 is 0 Å². The third-order valence-corrected chi connectivity index (χ3v) is 3.58. The monoisotopic (exact) mass is 227 g/mol. The van der Waals surface area contributed by atoms with Crippen LogP contribution in [0, 0.1) is 13.8 Å². The normalized spacial score (nSPS) is 10.9. The van der Waals surface area contributed by atoms with Gasteiger partial charge in [-0.25, -0.2) is 0 Å². The molecule has 2 N–H and O–H groups in total. The molecule has 0 aromatic carbocycles. The molecule has 86 valence electrons. The fourth-order valence-electron chi connectivity index (χ4n) is 1.71. The van der Waals surface area contributed by atoms with E-state index >= 15 is 0 Å². The minimum atomic E-state index is 0.599. The van der Waals surface area contributed by atoms with Gasteiger partial charge in [-0.05, 0) is 31.8 Å². The molecule has 1 rings (SSSR count). The standard InChI is InChI=1S/C11H21N3S/c1-4-15-7-5-6-14-10(3)11(8-12)9(2)13-14/h4-8,12H2,1-3H3. The van der Waals surface area contributed by atoms with E-state index in [0.29, 0.717) is 6.54 Å². The Hall–Kier alpha value is -0.480. The van der Waals surface area contributed by atoms with Gasteiger partial charge in [0.1, 0.15) is 0 Å². The van der Waals surface area contributed by atoms with E-state index in [9.17, 15) is 0 Å². The van der Waals surface area contributed by atoms with Crippen LogP contribution in [0.5, 0.6) is 0 Å². The lowest BCUT2D eigenvalue weighted by Gasteiger charge is -2.04. The van der Waals surface area contributed by atoms with Gasteiger partial charge in [0.25, 0.3) is 0 Å². The topological polar surface area (TPSA) is 43.8 Å². The second-order valence-corrected chi connectivity index (χ2v) is 5.02. The van der Waals surface area contributed by atoms with Crippen molar-refractivity contribution >= 4 is 11.8 Å². The zero-order chi connectivity index (χ0) is 11.3. The Morgan fingerprint density at radius 1 is 1.40 bits per heavy atom. The predicted octanol–water partition coefficient (Wildman–Crippen LogP) is 2.10. The first-order valence-corrected chi connectivity index (χ1v) is 6.66. The van der Waals surface area contributed by atoms with E-state index in [1.54, 1.807) is 0 Å². The fourth-order valence-corrected chi connectivity index (χ4v) is 2.33. The van der Waals surface area contributed by atoms with Gasteiger partial charge < -0.3 is 5.73 Å². The molecule has 3 nitrogen and oxygen atoms in total. The average Bonchev–Trinajstić information content (AvgIpc) is 2.49. The number of nitrogens with two attached hydrogens (primary N) is 1. The Morgan fingerprint density at radius 2 is 2.13 bits per heavy atom. The van der Waals surface area contributed by atoms with Crippen LogP contribution in [0.15, 0.2) is 0 Å². The maximum atomic E-state index is 5.68. The van der Waals surface area contributed by atoms with E-state index in [-0.39, 0.29) is 0 Å². The zero-order valence-corrected chi connectivity index (χ0v) is 10.7. The highest BCUT2D eigenvalue weighted by Gasteiger charge is 2.08. The van der Waals surface area contributed by atoms with Crippen LogP contribution in [0.1, 0.15) is 30.3 Å². The molecule has 4 heteroatoms. The van der Waals surface area contributed by atoms with Crippen LogP contribution in [0.4, 0.5) is 0 Å².